The summed E-state index contributed by atoms with van der Waals surface area (Å²) < 4.78 is 44.3. The van der Waals surface area contributed by atoms with Gasteiger partial charge >= 0.3 is 12.1 Å². The normalized spacial score (nSPS) is 21.7. The summed E-state index contributed by atoms with van der Waals surface area (Å²) in [5, 5.41) is 8.87. The fourth-order valence-corrected chi connectivity index (χ4v) is 5.20. The molecule has 4 atom stereocenters. The van der Waals surface area contributed by atoms with Gasteiger partial charge in [0.15, 0.2) is 0 Å². The van der Waals surface area contributed by atoms with Gasteiger partial charge in [0.05, 0.1) is 19.8 Å². The van der Waals surface area contributed by atoms with E-state index in [4.69, 9.17) is 9.47 Å². The molecule has 2 fully saturated rings. The molecule has 9 nitrogen and oxygen atoms in total. The van der Waals surface area contributed by atoms with Gasteiger partial charge in [0.1, 0.15) is 11.6 Å². The summed E-state index contributed by atoms with van der Waals surface area (Å²) in [4.78, 5) is 26.3. The number of carbonyl (C=O) groups excluding carboxylic acids is 2. The molecule has 11 heteroatoms. The Balaban J connectivity index is 1.65. The third-order valence-corrected chi connectivity index (χ3v) is 6.89. The molecule has 0 spiro atoms. The molecule has 3 amide bonds. The van der Waals surface area contributed by atoms with E-state index in [1.54, 1.807) is 4.90 Å². The maximum absolute atomic E-state index is 14.1. The Hall–Kier alpha value is -2.50. The van der Waals surface area contributed by atoms with E-state index in [0.717, 1.165) is 51.4 Å². The third kappa shape index (κ3) is 9.39. The van der Waals surface area contributed by atoms with E-state index in [1.807, 2.05) is 7.05 Å². The molecule has 1 aromatic carbocycles. The number of carbonyl (C=O) groups is 2. The largest absolute Gasteiger partial charge is 0.453 e. The summed E-state index contributed by atoms with van der Waals surface area (Å²) in [7, 11) is 3.13. The second-order valence-corrected chi connectivity index (χ2v) is 9.78. The van der Waals surface area contributed by atoms with Crippen LogP contribution in [0.5, 0.6) is 0 Å². The zero-order valence-electron chi connectivity index (χ0n) is 21.8. The van der Waals surface area contributed by atoms with Crippen LogP contribution in [0.4, 0.5) is 18.4 Å². The van der Waals surface area contributed by atoms with E-state index >= 15 is 0 Å². The molecule has 2 aliphatic rings. The number of benzene rings is 1. The summed E-state index contributed by atoms with van der Waals surface area (Å²) in [5.41, 5.74) is 0.369. The second-order valence-electron chi connectivity index (χ2n) is 9.78. The highest BCUT2D eigenvalue weighted by atomic mass is 19.1. The minimum Gasteiger partial charge on any atom is -0.453 e. The van der Waals surface area contributed by atoms with Crippen molar-refractivity contribution in [3.63, 3.8) is 0 Å². The number of halogens is 2. The lowest BCUT2D eigenvalue weighted by atomic mass is 9.88. The number of piperidine rings is 1. The van der Waals surface area contributed by atoms with Crippen molar-refractivity contribution in [2.45, 2.75) is 44.2 Å². The molecule has 0 aliphatic carbocycles. The predicted molar refractivity (Wildman–Crippen MR) is 134 cm³/mol. The van der Waals surface area contributed by atoms with Gasteiger partial charge in [0.2, 0.25) is 0 Å². The first kappa shape index (κ1) is 29.1. The number of nitrogens with zero attached hydrogens (tertiary/aromatic N) is 1. The molecule has 1 unspecified atom stereocenters. The standard InChI is InChI=1S/C26H40F2N4O5/c1-29-15-23(11-18-5-4-9-36-17-18)31-25(33)32-8-3-6-19(16-32)24(37-10-7-30-26(34)35-2)20-12-21(27)14-22(28)13-20/h12-14,18-19,23-24,29H,3-11,15-17H2,1-2H3,(H,30,34)(H,31,33)/t18-,19+,23-,24?/m0/s1. The Morgan fingerprint density at radius 2 is 1.97 bits per heavy atom. The quantitative estimate of drug-likeness (QED) is 0.383. The molecule has 2 aliphatic heterocycles. The number of nitrogens with one attached hydrogen (secondary N) is 3. The Bertz CT molecular complexity index is 851. The maximum atomic E-state index is 14.1. The van der Waals surface area contributed by atoms with E-state index in [0.29, 0.717) is 31.1 Å². The minimum atomic E-state index is -0.691. The number of urea groups is 1. The summed E-state index contributed by atoms with van der Waals surface area (Å²) in [6.45, 7) is 3.44. The molecule has 1 aromatic rings. The molecule has 2 saturated heterocycles. The molecular weight excluding hydrogens is 486 g/mol. The highest BCUT2D eigenvalue weighted by Gasteiger charge is 2.32. The molecule has 3 rings (SSSR count). The third-order valence-electron chi connectivity index (χ3n) is 6.89. The summed E-state index contributed by atoms with van der Waals surface area (Å²) >= 11 is 0. The number of ether oxygens (including phenoxy) is 3. The van der Waals surface area contributed by atoms with Crippen molar-refractivity contribution in [2.24, 2.45) is 11.8 Å². The Morgan fingerprint density at radius 3 is 2.65 bits per heavy atom. The van der Waals surface area contributed by atoms with Gasteiger partial charge in [-0.3, -0.25) is 0 Å². The molecule has 0 aromatic heterocycles. The topological polar surface area (TPSA) is 101 Å². The van der Waals surface area contributed by atoms with E-state index in [-0.39, 0.29) is 31.1 Å². The van der Waals surface area contributed by atoms with Crippen LogP contribution in [0.15, 0.2) is 18.2 Å². The smallest absolute Gasteiger partial charge is 0.406 e. The van der Waals surface area contributed by atoms with Gasteiger partial charge in [-0.05, 0) is 62.8 Å². The molecule has 0 radical (unpaired) electrons. The molecule has 0 saturated carbocycles. The first-order valence-electron chi connectivity index (χ1n) is 13.1. The van der Waals surface area contributed by atoms with Gasteiger partial charge in [0, 0.05) is 57.4 Å². The van der Waals surface area contributed by atoms with Crippen molar-refractivity contribution in [2.75, 3.05) is 60.2 Å². The second kappa shape index (κ2) is 15.0. The monoisotopic (exact) mass is 526 g/mol. The highest BCUT2D eigenvalue weighted by Crippen LogP contribution is 2.34. The van der Waals surface area contributed by atoms with E-state index in [1.165, 1.54) is 19.2 Å². The van der Waals surface area contributed by atoms with Crippen molar-refractivity contribution in [3.05, 3.63) is 35.4 Å². The van der Waals surface area contributed by atoms with Gasteiger partial charge in [0.25, 0.3) is 0 Å². The first-order valence-corrected chi connectivity index (χ1v) is 13.1. The first-order chi connectivity index (χ1) is 17.9. The number of hydrogen-bond donors (Lipinski definition) is 3. The van der Waals surface area contributed by atoms with Gasteiger partial charge in [-0.25, -0.2) is 18.4 Å². The number of hydrogen-bond acceptors (Lipinski definition) is 6. The number of amides is 3. The van der Waals surface area contributed by atoms with Crippen molar-refractivity contribution in [3.8, 4) is 0 Å². The van der Waals surface area contributed by atoms with Crippen LogP contribution in [0.2, 0.25) is 0 Å². The number of alkyl carbamates (subject to hydrolysis) is 1. The van der Waals surface area contributed by atoms with E-state index in [2.05, 4.69) is 20.7 Å². The van der Waals surface area contributed by atoms with Crippen molar-refractivity contribution >= 4 is 12.1 Å². The lowest BCUT2D eigenvalue weighted by Gasteiger charge is -2.38. The Morgan fingerprint density at radius 1 is 1.19 bits per heavy atom. The van der Waals surface area contributed by atoms with Gasteiger partial charge < -0.3 is 35.1 Å². The van der Waals surface area contributed by atoms with Crippen LogP contribution in [0.1, 0.15) is 43.8 Å². The molecular formula is C26H40F2N4O5. The SMILES string of the molecule is CNC[C@H](C[C@@H]1CCCOC1)NC(=O)N1CCC[C@@H](C(OCCNC(=O)OC)c2cc(F)cc(F)c2)C1. The zero-order valence-corrected chi connectivity index (χ0v) is 21.8. The van der Waals surface area contributed by atoms with Crippen LogP contribution in [-0.4, -0.2) is 83.2 Å². The summed E-state index contributed by atoms with van der Waals surface area (Å²) in [6.07, 6.45) is 3.21. The van der Waals surface area contributed by atoms with Crippen LogP contribution in [0, 0.1) is 23.5 Å². The number of rotatable bonds is 11. The fourth-order valence-electron chi connectivity index (χ4n) is 5.20. The molecule has 37 heavy (non-hydrogen) atoms. The van der Waals surface area contributed by atoms with Crippen LogP contribution >= 0.6 is 0 Å². The Labute approximate surface area is 217 Å². The minimum absolute atomic E-state index is 0.0293. The molecule has 208 valence electrons. The number of methoxy groups -OCH3 is 1. The summed E-state index contributed by atoms with van der Waals surface area (Å²) in [5.74, 6) is -1.14. The van der Waals surface area contributed by atoms with Crippen molar-refractivity contribution in [1.82, 2.24) is 20.9 Å². The fraction of sp³-hybridized carbons (Fsp3) is 0.692. The van der Waals surface area contributed by atoms with Gasteiger partial charge in [-0.1, -0.05) is 0 Å². The zero-order chi connectivity index (χ0) is 26.6. The summed E-state index contributed by atoms with van der Waals surface area (Å²) in [6, 6.07) is 3.15. The highest BCUT2D eigenvalue weighted by molar-refractivity contribution is 5.74. The van der Waals surface area contributed by atoms with Crippen LogP contribution < -0.4 is 16.0 Å². The van der Waals surface area contributed by atoms with E-state index < -0.39 is 23.8 Å². The van der Waals surface area contributed by atoms with Crippen LogP contribution in [0.3, 0.4) is 0 Å². The van der Waals surface area contributed by atoms with E-state index in [9.17, 15) is 18.4 Å². The number of likely N-dealkylation sites (N-methyl/N-ethyl adjacent to an activating group) is 1. The number of likely N-dealkylation sites (tertiary alicyclic amines) is 1. The lowest BCUT2D eigenvalue weighted by Crippen LogP contribution is -2.52. The average molecular weight is 527 g/mol. The Kier molecular flexibility index (Phi) is 11.8. The maximum Gasteiger partial charge on any atom is 0.406 e. The van der Waals surface area contributed by atoms with Gasteiger partial charge in [-0.15, -0.1) is 0 Å². The van der Waals surface area contributed by atoms with Crippen LogP contribution in [0.25, 0.3) is 0 Å². The lowest BCUT2D eigenvalue weighted by molar-refractivity contribution is -0.00905. The predicted octanol–water partition coefficient (Wildman–Crippen LogP) is 3.20. The molecule has 3 N–H and O–H groups in total. The average Bonchev–Trinajstić information content (AvgIpc) is 2.88. The van der Waals surface area contributed by atoms with Crippen molar-refractivity contribution < 1.29 is 32.6 Å². The van der Waals surface area contributed by atoms with Crippen molar-refractivity contribution in [1.29, 1.82) is 0 Å². The van der Waals surface area contributed by atoms with Gasteiger partial charge in [-0.2, -0.15) is 0 Å². The molecule has 0 bridgehead atoms. The van der Waals surface area contributed by atoms with Crippen LogP contribution in [-0.2, 0) is 14.2 Å². The molecule has 2 heterocycles.